The first kappa shape index (κ1) is 44.9. The van der Waals surface area contributed by atoms with E-state index in [0.717, 1.165) is 23.4 Å². The first-order valence-electron chi connectivity index (χ1n) is 18.7. The Labute approximate surface area is 354 Å². The van der Waals surface area contributed by atoms with Crippen LogP contribution >= 0.6 is 15.0 Å². The van der Waals surface area contributed by atoms with Gasteiger partial charge >= 0.3 is 15.0 Å². The maximum absolute atomic E-state index is 16.2. The molecule has 62 heavy (non-hydrogen) atoms. The average molecular weight is 922 g/mol. The number of benzene rings is 1. The quantitative estimate of drug-likeness (QED) is 0.0657. The number of rotatable bonds is 17. The van der Waals surface area contributed by atoms with Crippen molar-refractivity contribution in [3.05, 3.63) is 70.9 Å². The summed E-state index contributed by atoms with van der Waals surface area (Å²) in [4.78, 5) is 66.6. The van der Waals surface area contributed by atoms with Gasteiger partial charge in [-0.05, 0) is 23.9 Å². The van der Waals surface area contributed by atoms with Crippen LogP contribution in [-0.2, 0) is 48.7 Å². The fraction of sp³-hybridized carbons (Fsp3) is 0.429. The second-order valence-corrected chi connectivity index (χ2v) is 17.7. The van der Waals surface area contributed by atoms with Crippen LogP contribution in [0, 0.1) is 23.1 Å². The molecular weight excluding hydrogens is 884 g/mol. The van der Waals surface area contributed by atoms with Gasteiger partial charge in [0.2, 0.25) is 11.9 Å². The van der Waals surface area contributed by atoms with Crippen LogP contribution in [-0.4, -0.2) is 106 Å². The number of aliphatic hydroxyl groups is 1. The number of aliphatic hydroxyl groups excluding tert-OH is 1. The molecule has 2 aliphatic heterocycles. The normalized spacial score (nSPS) is 23.7. The molecule has 5 N–H and O–H groups in total. The molecule has 2 unspecified atom stereocenters. The first-order valence-corrected chi connectivity index (χ1v) is 22.4. The number of alkyl halides is 1. The summed E-state index contributed by atoms with van der Waals surface area (Å²) in [6.45, 7) is -2.43. The first-order chi connectivity index (χ1) is 29.7. The number of aromatic nitrogens is 7. The summed E-state index contributed by atoms with van der Waals surface area (Å²) in [5, 5.41) is 24.5. The molecule has 0 aliphatic carbocycles. The third kappa shape index (κ3) is 9.60. The number of halogens is 2. The Bertz CT molecular complexity index is 2630. The standard InChI is InChI=1S/C35H36F2N10O12P2S/c1-17(2)31(49)44-35-43-30-26(33(51)45-35)41-16-47(30)34-27(58-60(52)53)25(37)22(57-34)14-55-61(62,54-10-6-9-38)59-20-11-23(56-21(20)13-48)46-12-19(36)24-28(39-15-40-29(24)46)42-32(50)18-7-4-3-5-8-18/h3-5,7-8,12,15-17,20-23,25,27,34,48H,6,10-11,13-14H2,1-2H3,(H3-,39,40,42,43,44,45,49,50,51,52,53)/p+1/t20-,21+,22+,23+,25+,27+,34+,61?/m0/s1. The molecule has 0 spiro atoms. The van der Waals surface area contributed by atoms with Gasteiger partial charge in [-0.2, -0.15) is 10.2 Å². The van der Waals surface area contributed by atoms with Crippen LogP contribution in [0.1, 0.15) is 49.5 Å². The lowest BCUT2D eigenvalue weighted by molar-refractivity contribution is -0.118. The lowest BCUT2D eigenvalue weighted by Crippen LogP contribution is -2.32. The molecule has 7 rings (SSSR count). The van der Waals surface area contributed by atoms with Crippen molar-refractivity contribution in [1.29, 1.82) is 5.26 Å². The molecule has 5 aromatic rings. The molecule has 328 valence electrons. The molecule has 2 amide bonds. The summed E-state index contributed by atoms with van der Waals surface area (Å²) in [5.74, 6) is -2.65. The summed E-state index contributed by atoms with van der Waals surface area (Å²) >= 11 is 5.69. The van der Waals surface area contributed by atoms with Gasteiger partial charge in [-0.1, -0.05) is 32.0 Å². The van der Waals surface area contributed by atoms with E-state index in [-0.39, 0.29) is 53.4 Å². The van der Waals surface area contributed by atoms with Gasteiger partial charge in [0, 0.05) is 28.7 Å². The summed E-state index contributed by atoms with van der Waals surface area (Å²) in [6.07, 6.45) is -7.40. The molecule has 2 saturated heterocycles. The zero-order chi connectivity index (χ0) is 44.3. The topological polar surface area (TPSA) is 289 Å². The summed E-state index contributed by atoms with van der Waals surface area (Å²) in [7, 11) is -3.41. The zero-order valence-electron chi connectivity index (χ0n) is 32.4. The highest BCUT2D eigenvalue weighted by molar-refractivity contribution is 8.07. The monoisotopic (exact) mass is 921 g/mol. The van der Waals surface area contributed by atoms with E-state index >= 15 is 8.78 Å². The minimum Gasteiger partial charge on any atom is -0.394 e. The van der Waals surface area contributed by atoms with Crippen LogP contribution in [0.5, 0.6) is 0 Å². The van der Waals surface area contributed by atoms with Gasteiger partial charge in [0.25, 0.3) is 11.5 Å². The number of nitrogens with zero attached hydrogens (tertiary/aromatic N) is 7. The average Bonchev–Trinajstić information content (AvgIpc) is 4.01. The number of amides is 2. The van der Waals surface area contributed by atoms with Crippen molar-refractivity contribution in [3.8, 4) is 6.07 Å². The Morgan fingerprint density at radius 3 is 2.63 bits per heavy atom. The number of aromatic amines is 1. The van der Waals surface area contributed by atoms with Crippen molar-refractivity contribution in [2.45, 2.75) is 69.7 Å². The molecule has 1 aromatic carbocycles. The fourth-order valence-electron chi connectivity index (χ4n) is 6.60. The number of carbonyl (C=O) groups excluding carboxylic acids is 2. The van der Waals surface area contributed by atoms with Crippen LogP contribution in [0.2, 0.25) is 0 Å². The third-order valence-corrected chi connectivity index (χ3v) is 12.4. The van der Waals surface area contributed by atoms with Crippen LogP contribution in [0.15, 0.2) is 54.0 Å². The minimum atomic E-state index is -4.02. The molecular formula is C35H37F2N10O12P2S+. The summed E-state index contributed by atoms with van der Waals surface area (Å²) in [6, 6.07) is 10.1. The highest BCUT2D eigenvalue weighted by atomic mass is 32.5. The van der Waals surface area contributed by atoms with E-state index in [1.165, 1.54) is 4.57 Å². The fourth-order valence-corrected chi connectivity index (χ4v) is 9.16. The Morgan fingerprint density at radius 2 is 1.92 bits per heavy atom. The Kier molecular flexibility index (Phi) is 13.9. The largest absolute Gasteiger partial charge is 0.695 e. The third-order valence-electron chi connectivity index (χ3n) is 9.58. The van der Waals surface area contributed by atoms with Gasteiger partial charge < -0.3 is 38.0 Å². The van der Waals surface area contributed by atoms with Gasteiger partial charge in [-0.15, -0.1) is 9.42 Å². The van der Waals surface area contributed by atoms with Crippen molar-refractivity contribution >= 4 is 72.6 Å². The number of nitrogens with one attached hydrogen (secondary N) is 3. The predicted octanol–water partition coefficient (Wildman–Crippen LogP) is 3.66. The molecule has 2 fully saturated rings. The van der Waals surface area contributed by atoms with Gasteiger partial charge in [0.05, 0.1) is 50.1 Å². The molecule has 0 radical (unpaired) electrons. The van der Waals surface area contributed by atoms with Crippen molar-refractivity contribution in [2.75, 3.05) is 30.5 Å². The number of anilines is 2. The zero-order valence-corrected chi connectivity index (χ0v) is 35.0. The van der Waals surface area contributed by atoms with E-state index in [0.29, 0.717) is 5.56 Å². The summed E-state index contributed by atoms with van der Waals surface area (Å²) < 4.78 is 80.9. The number of ether oxygens (including phenoxy) is 2. The van der Waals surface area contributed by atoms with Gasteiger partial charge in [0.1, 0.15) is 30.6 Å². The second-order valence-electron chi connectivity index (χ2n) is 14.0. The number of fused-ring (bicyclic) bond motifs is 2. The number of hydrogen-bond acceptors (Lipinski definition) is 17. The van der Waals surface area contributed by atoms with Crippen molar-refractivity contribution < 1.29 is 60.5 Å². The highest BCUT2D eigenvalue weighted by Gasteiger charge is 2.53. The van der Waals surface area contributed by atoms with Crippen molar-refractivity contribution in [1.82, 2.24) is 34.1 Å². The number of hydrogen-bond donors (Lipinski definition) is 5. The van der Waals surface area contributed by atoms with Crippen molar-refractivity contribution in [2.24, 2.45) is 5.92 Å². The summed E-state index contributed by atoms with van der Waals surface area (Å²) in [5.41, 5.74) is -0.847. The van der Waals surface area contributed by atoms with Gasteiger partial charge in [-0.25, -0.2) is 23.7 Å². The molecule has 4 aromatic heterocycles. The van der Waals surface area contributed by atoms with Crippen LogP contribution in [0.4, 0.5) is 20.5 Å². The lowest BCUT2D eigenvalue weighted by atomic mass is 10.1. The predicted molar refractivity (Wildman–Crippen MR) is 214 cm³/mol. The van der Waals surface area contributed by atoms with Crippen LogP contribution < -0.4 is 16.2 Å². The molecule has 6 heterocycles. The lowest BCUT2D eigenvalue weighted by Gasteiger charge is -2.27. The highest BCUT2D eigenvalue weighted by Crippen LogP contribution is 2.54. The number of imidazole rings is 1. The van der Waals surface area contributed by atoms with Gasteiger partial charge in [-0.3, -0.25) is 29.3 Å². The van der Waals surface area contributed by atoms with Gasteiger partial charge in [0.15, 0.2) is 41.1 Å². The molecule has 0 bridgehead atoms. The van der Waals surface area contributed by atoms with E-state index in [1.807, 2.05) is 6.07 Å². The number of H-pyrrole nitrogens is 1. The van der Waals surface area contributed by atoms with Crippen LogP contribution in [0.25, 0.3) is 22.2 Å². The maximum Gasteiger partial charge on any atom is 0.695 e. The Morgan fingerprint density at radius 1 is 1.15 bits per heavy atom. The molecule has 0 saturated carbocycles. The van der Waals surface area contributed by atoms with E-state index in [4.69, 9.17) is 39.4 Å². The van der Waals surface area contributed by atoms with E-state index in [1.54, 1.807) is 44.2 Å². The number of nitriles is 1. The van der Waals surface area contributed by atoms with E-state index < -0.39 is 100 Å². The second kappa shape index (κ2) is 19.1. The van der Waals surface area contributed by atoms with E-state index in [9.17, 15) is 34.2 Å². The SMILES string of the molecule is CC(C)C(=O)Nc1nc2c(ncn2[C@@H]2O[C@H](COP(=S)(OCCC#N)O[C@H]3C[C@H](n4cc(F)c5c(NC(=O)c6ccccc6)ncnc54)O[C@@H]3CO)[C@@H](F)[C@H]2O[P+](=O)O)c(=O)[nH]1. The van der Waals surface area contributed by atoms with E-state index in [2.05, 4.69) is 35.6 Å². The molecule has 2 aliphatic rings. The minimum absolute atomic E-state index is 0.0366. The maximum atomic E-state index is 16.2. The molecule has 22 nitrogen and oxygen atoms in total. The van der Waals surface area contributed by atoms with Crippen molar-refractivity contribution in [3.63, 3.8) is 0 Å². The van der Waals surface area contributed by atoms with Crippen LogP contribution in [0.3, 0.4) is 0 Å². The molecule has 27 heteroatoms. The Hall–Kier alpha value is -5.09. The number of carbonyl (C=O) groups is 2. The Balaban J connectivity index is 1.10. The molecule has 9 atom stereocenters. The smallest absolute Gasteiger partial charge is 0.394 e.